The van der Waals surface area contributed by atoms with Crippen LogP contribution >= 0.6 is 0 Å². The molecule has 0 aliphatic heterocycles. The second-order valence-corrected chi connectivity index (χ2v) is 5.79. The Balaban J connectivity index is 2.39. The number of aromatic hydroxyl groups is 1. The van der Waals surface area contributed by atoms with E-state index in [1.54, 1.807) is 0 Å². The fraction of sp³-hybridized carbons (Fsp3) is 0.294. The van der Waals surface area contributed by atoms with Crippen molar-refractivity contribution in [3.05, 3.63) is 50.8 Å². The van der Waals surface area contributed by atoms with E-state index in [2.05, 4.69) is 11.1 Å². The predicted molar refractivity (Wildman–Crippen MR) is 81.0 cm³/mol. The zero-order valence-corrected chi connectivity index (χ0v) is 12.3. The summed E-state index contributed by atoms with van der Waals surface area (Å²) in [5.74, 6) is -0.537. The number of aromatic amines is 1. The molecule has 0 saturated carbocycles. The number of hydrogen-bond acceptors (Lipinski definition) is 3. The number of fused-ring (bicyclic) bond motifs is 3. The van der Waals surface area contributed by atoms with Crippen molar-refractivity contribution in [2.45, 2.75) is 33.1 Å². The van der Waals surface area contributed by atoms with Gasteiger partial charge in [0.25, 0.3) is 5.56 Å². The number of rotatable bonds is 1. The van der Waals surface area contributed by atoms with Crippen LogP contribution in [0.2, 0.25) is 0 Å². The normalized spacial score (nSPS) is 16.2. The van der Waals surface area contributed by atoms with Gasteiger partial charge in [-0.3, -0.25) is 9.59 Å². The average Bonchev–Trinajstić information content (AvgIpc) is 2.38. The molecule has 1 aliphatic carbocycles. The monoisotopic (exact) mass is 283 g/mol. The second-order valence-electron chi connectivity index (χ2n) is 5.79. The molecule has 2 N–H and O–H groups in total. The number of benzene rings is 1. The number of aromatic nitrogens is 1. The van der Waals surface area contributed by atoms with Crippen LogP contribution in [0.3, 0.4) is 0 Å². The van der Waals surface area contributed by atoms with Crippen LogP contribution in [-0.2, 0) is 6.42 Å². The molecule has 1 atom stereocenters. The zero-order valence-electron chi connectivity index (χ0n) is 12.3. The quantitative estimate of drug-likeness (QED) is 0.790. The van der Waals surface area contributed by atoms with E-state index in [0.717, 1.165) is 23.1 Å². The van der Waals surface area contributed by atoms with E-state index in [4.69, 9.17) is 0 Å². The van der Waals surface area contributed by atoms with Crippen LogP contribution in [0.25, 0.3) is 11.3 Å². The van der Waals surface area contributed by atoms with Gasteiger partial charge in [-0.15, -0.1) is 0 Å². The Morgan fingerprint density at radius 2 is 2.10 bits per heavy atom. The summed E-state index contributed by atoms with van der Waals surface area (Å²) >= 11 is 0. The molecular formula is C17H17NO3. The number of ketones is 1. The molecule has 4 heteroatoms. The van der Waals surface area contributed by atoms with Gasteiger partial charge in [0.15, 0.2) is 5.78 Å². The first-order valence-electron chi connectivity index (χ1n) is 7.00. The van der Waals surface area contributed by atoms with E-state index in [1.165, 1.54) is 6.92 Å². The molecule has 1 unspecified atom stereocenters. The summed E-state index contributed by atoms with van der Waals surface area (Å²) in [4.78, 5) is 26.5. The molecule has 0 bridgehead atoms. The number of carbonyl (C=O) groups excluding carboxylic acids is 1. The van der Waals surface area contributed by atoms with E-state index in [1.807, 2.05) is 26.0 Å². The highest BCUT2D eigenvalue weighted by molar-refractivity contribution is 5.97. The number of aryl methyl sites for hydroxylation is 1. The van der Waals surface area contributed by atoms with Gasteiger partial charge in [0.05, 0.1) is 5.69 Å². The minimum absolute atomic E-state index is 0.0464. The Morgan fingerprint density at radius 1 is 1.38 bits per heavy atom. The largest absolute Gasteiger partial charge is 0.507 e. The van der Waals surface area contributed by atoms with Crippen molar-refractivity contribution in [3.8, 4) is 17.0 Å². The lowest BCUT2D eigenvalue weighted by Crippen LogP contribution is -2.22. The average molecular weight is 283 g/mol. The van der Waals surface area contributed by atoms with Gasteiger partial charge in [0, 0.05) is 11.1 Å². The van der Waals surface area contributed by atoms with Gasteiger partial charge < -0.3 is 10.1 Å². The number of Topliss-reactive ketones (excluding diaryl/α,β-unsaturated/α-hetero) is 1. The molecule has 1 aromatic heterocycles. The van der Waals surface area contributed by atoms with Crippen molar-refractivity contribution in [1.82, 2.24) is 4.98 Å². The summed E-state index contributed by atoms with van der Waals surface area (Å²) in [5, 5.41) is 10.4. The Bertz CT molecular complexity index is 818. The van der Waals surface area contributed by atoms with Crippen molar-refractivity contribution in [1.29, 1.82) is 0 Å². The highest BCUT2D eigenvalue weighted by atomic mass is 16.3. The molecule has 0 amide bonds. The molecule has 108 valence electrons. The van der Waals surface area contributed by atoms with Crippen molar-refractivity contribution in [2.24, 2.45) is 0 Å². The Morgan fingerprint density at radius 3 is 2.76 bits per heavy atom. The molecule has 21 heavy (non-hydrogen) atoms. The third-order valence-corrected chi connectivity index (χ3v) is 4.13. The van der Waals surface area contributed by atoms with E-state index < -0.39 is 11.3 Å². The molecule has 0 spiro atoms. The van der Waals surface area contributed by atoms with Crippen molar-refractivity contribution < 1.29 is 9.90 Å². The van der Waals surface area contributed by atoms with Gasteiger partial charge in [-0.1, -0.05) is 24.6 Å². The molecule has 1 aliphatic rings. The minimum Gasteiger partial charge on any atom is -0.507 e. The predicted octanol–water partition coefficient (Wildman–Crippen LogP) is 2.92. The SMILES string of the molecule is CC(=O)c1c(O)c2c([nH]c1=O)-c1cc(C)ccc1CC2C. The summed E-state index contributed by atoms with van der Waals surface area (Å²) in [6.45, 7) is 5.27. The van der Waals surface area contributed by atoms with Crippen molar-refractivity contribution >= 4 is 5.78 Å². The number of nitrogens with one attached hydrogen (secondary N) is 1. The highest BCUT2D eigenvalue weighted by Crippen LogP contribution is 2.42. The number of H-pyrrole nitrogens is 1. The lowest BCUT2D eigenvalue weighted by molar-refractivity contribution is 0.101. The van der Waals surface area contributed by atoms with Crippen LogP contribution in [0.15, 0.2) is 23.0 Å². The number of hydrogen-bond donors (Lipinski definition) is 2. The maximum absolute atomic E-state index is 12.1. The first-order valence-corrected chi connectivity index (χ1v) is 7.00. The smallest absolute Gasteiger partial charge is 0.263 e. The lowest BCUT2D eigenvalue weighted by atomic mass is 9.80. The number of carbonyl (C=O) groups is 1. The third-order valence-electron chi connectivity index (χ3n) is 4.13. The second kappa shape index (κ2) is 4.58. The Hall–Kier alpha value is -2.36. The van der Waals surface area contributed by atoms with Crippen molar-refractivity contribution in [3.63, 3.8) is 0 Å². The molecule has 1 heterocycles. The van der Waals surface area contributed by atoms with Gasteiger partial charge >= 0.3 is 0 Å². The molecule has 1 aromatic carbocycles. The summed E-state index contributed by atoms with van der Waals surface area (Å²) in [6.07, 6.45) is 0.777. The fourth-order valence-electron chi connectivity index (χ4n) is 3.16. The molecule has 2 aromatic rings. The topological polar surface area (TPSA) is 70.2 Å². The van der Waals surface area contributed by atoms with Crippen LogP contribution in [0.5, 0.6) is 5.75 Å². The standard InChI is InChI=1S/C17H17NO3/c1-8-4-5-11-7-9(2)13-15(12(11)6-8)18-17(21)14(10(3)19)16(13)20/h4-6,9H,7H2,1-3H3,(H2,18,20,21). The van der Waals surface area contributed by atoms with E-state index in [-0.39, 0.29) is 17.2 Å². The first kappa shape index (κ1) is 13.6. The van der Waals surface area contributed by atoms with E-state index in [0.29, 0.717) is 11.3 Å². The van der Waals surface area contributed by atoms with E-state index in [9.17, 15) is 14.7 Å². The van der Waals surface area contributed by atoms with Crippen LogP contribution in [0, 0.1) is 6.92 Å². The summed E-state index contributed by atoms with van der Waals surface area (Å²) in [6, 6.07) is 6.10. The Labute approximate surface area is 122 Å². The van der Waals surface area contributed by atoms with Gasteiger partial charge in [0.1, 0.15) is 11.3 Å². The van der Waals surface area contributed by atoms with Crippen LogP contribution in [0.4, 0.5) is 0 Å². The summed E-state index contributed by atoms with van der Waals surface area (Å²) < 4.78 is 0. The van der Waals surface area contributed by atoms with Crippen LogP contribution in [-0.4, -0.2) is 15.9 Å². The molecule has 4 nitrogen and oxygen atoms in total. The van der Waals surface area contributed by atoms with Gasteiger partial charge in [0.2, 0.25) is 0 Å². The molecule has 0 saturated heterocycles. The molecular weight excluding hydrogens is 266 g/mol. The van der Waals surface area contributed by atoms with Gasteiger partial charge in [-0.05, 0) is 37.8 Å². The van der Waals surface area contributed by atoms with Gasteiger partial charge in [-0.2, -0.15) is 0 Å². The van der Waals surface area contributed by atoms with Crippen molar-refractivity contribution in [2.75, 3.05) is 0 Å². The van der Waals surface area contributed by atoms with Crippen LogP contribution < -0.4 is 5.56 Å². The molecule has 0 fully saturated rings. The molecule has 3 rings (SSSR count). The number of pyridine rings is 1. The van der Waals surface area contributed by atoms with Crippen LogP contribution in [0.1, 0.15) is 46.8 Å². The molecule has 0 radical (unpaired) electrons. The van der Waals surface area contributed by atoms with E-state index >= 15 is 0 Å². The lowest BCUT2D eigenvalue weighted by Gasteiger charge is -2.26. The maximum Gasteiger partial charge on any atom is 0.263 e. The summed E-state index contributed by atoms with van der Waals surface area (Å²) in [5.41, 5.74) is 3.80. The third kappa shape index (κ3) is 1.98. The fourth-order valence-corrected chi connectivity index (χ4v) is 3.16. The van der Waals surface area contributed by atoms with Gasteiger partial charge in [-0.25, -0.2) is 0 Å². The Kier molecular flexibility index (Phi) is 2.97. The minimum atomic E-state index is -0.527. The maximum atomic E-state index is 12.1. The first-order chi connectivity index (χ1) is 9.90. The highest BCUT2D eigenvalue weighted by Gasteiger charge is 2.29. The summed E-state index contributed by atoms with van der Waals surface area (Å²) in [7, 11) is 0. The zero-order chi connectivity index (χ0) is 15.3.